The van der Waals surface area contributed by atoms with Gasteiger partial charge in [0.05, 0.1) is 6.61 Å². The molecule has 0 rings (SSSR count). The molecule has 0 fully saturated rings. The SMILES string of the molecule is C=CCOC(F)C(F)(F)F. The molecule has 0 saturated heterocycles. The first kappa shape index (κ1) is 9.42. The molecule has 60 valence electrons. The van der Waals surface area contributed by atoms with Crippen molar-refractivity contribution in [3.05, 3.63) is 12.7 Å². The lowest BCUT2D eigenvalue weighted by Crippen LogP contribution is -2.27. The van der Waals surface area contributed by atoms with Crippen LogP contribution in [0.2, 0.25) is 0 Å². The van der Waals surface area contributed by atoms with Gasteiger partial charge in [0.15, 0.2) is 0 Å². The van der Waals surface area contributed by atoms with E-state index < -0.39 is 19.1 Å². The molecule has 0 aromatic rings. The van der Waals surface area contributed by atoms with Crippen molar-refractivity contribution in [3.8, 4) is 0 Å². The van der Waals surface area contributed by atoms with Crippen LogP contribution in [0, 0.1) is 0 Å². The summed E-state index contributed by atoms with van der Waals surface area (Å²) in [5.74, 6) is 0. The fraction of sp³-hybridized carbons (Fsp3) is 0.600. The highest BCUT2D eigenvalue weighted by Crippen LogP contribution is 2.23. The maximum absolute atomic E-state index is 11.7. The van der Waals surface area contributed by atoms with Crippen LogP contribution in [0.5, 0.6) is 0 Å². The first-order valence-corrected chi connectivity index (χ1v) is 2.41. The van der Waals surface area contributed by atoms with E-state index in [1.165, 1.54) is 0 Å². The van der Waals surface area contributed by atoms with Gasteiger partial charge in [0.25, 0.3) is 6.36 Å². The Kier molecular flexibility index (Phi) is 3.35. The number of hydrogen-bond acceptors (Lipinski definition) is 1. The largest absolute Gasteiger partial charge is 0.445 e. The van der Waals surface area contributed by atoms with E-state index in [1.807, 2.05) is 0 Å². The molecule has 0 aromatic carbocycles. The highest BCUT2D eigenvalue weighted by atomic mass is 19.4. The summed E-state index contributed by atoms with van der Waals surface area (Å²) in [4.78, 5) is 0. The third kappa shape index (κ3) is 3.45. The molecular weight excluding hydrogens is 152 g/mol. The minimum atomic E-state index is -4.93. The van der Waals surface area contributed by atoms with Gasteiger partial charge in [-0.05, 0) is 0 Å². The van der Waals surface area contributed by atoms with Crippen molar-refractivity contribution in [3.63, 3.8) is 0 Å². The van der Waals surface area contributed by atoms with Gasteiger partial charge in [-0.15, -0.1) is 6.58 Å². The molecule has 5 heteroatoms. The summed E-state index contributed by atoms with van der Waals surface area (Å²) in [7, 11) is 0. The number of alkyl halides is 4. The first-order valence-electron chi connectivity index (χ1n) is 2.41. The second-order valence-electron chi connectivity index (χ2n) is 1.48. The summed E-state index contributed by atoms with van der Waals surface area (Å²) in [6.07, 6.45) is -7.09. The molecule has 0 radical (unpaired) electrons. The van der Waals surface area contributed by atoms with Crippen LogP contribution in [0.4, 0.5) is 17.6 Å². The van der Waals surface area contributed by atoms with Gasteiger partial charge in [-0.3, -0.25) is 0 Å². The molecule has 1 nitrogen and oxygen atoms in total. The Morgan fingerprint density at radius 1 is 1.50 bits per heavy atom. The van der Waals surface area contributed by atoms with Crippen molar-refractivity contribution in [1.82, 2.24) is 0 Å². The average Bonchev–Trinajstić information content (AvgIpc) is 1.80. The van der Waals surface area contributed by atoms with Crippen LogP contribution in [-0.2, 0) is 4.74 Å². The van der Waals surface area contributed by atoms with Crippen molar-refractivity contribution in [2.45, 2.75) is 12.5 Å². The summed E-state index contributed by atoms with van der Waals surface area (Å²) in [6, 6.07) is 0. The van der Waals surface area contributed by atoms with Crippen LogP contribution in [0.25, 0.3) is 0 Å². The normalized spacial score (nSPS) is 14.8. The predicted octanol–water partition coefficient (Wildman–Crippen LogP) is 2.05. The molecule has 0 aliphatic carbocycles. The van der Waals surface area contributed by atoms with E-state index in [0.717, 1.165) is 6.08 Å². The lowest BCUT2D eigenvalue weighted by atomic mass is 10.6. The Balaban J connectivity index is 3.61. The Morgan fingerprint density at radius 3 is 2.30 bits per heavy atom. The fourth-order valence-corrected chi connectivity index (χ4v) is 0.247. The fourth-order valence-electron chi connectivity index (χ4n) is 0.247. The van der Waals surface area contributed by atoms with Crippen molar-refractivity contribution in [2.24, 2.45) is 0 Å². The van der Waals surface area contributed by atoms with Gasteiger partial charge in [0.1, 0.15) is 0 Å². The Bertz CT molecular complexity index is 109. The minimum Gasteiger partial charge on any atom is -0.337 e. The summed E-state index contributed by atoms with van der Waals surface area (Å²) >= 11 is 0. The van der Waals surface area contributed by atoms with Gasteiger partial charge in [-0.1, -0.05) is 6.08 Å². The molecule has 0 spiro atoms. The Labute approximate surface area is 55.3 Å². The summed E-state index contributed by atoms with van der Waals surface area (Å²) in [5, 5.41) is 0. The van der Waals surface area contributed by atoms with E-state index in [9.17, 15) is 17.6 Å². The highest BCUT2D eigenvalue weighted by Gasteiger charge is 2.40. The van der Waals surface area contributed by atoms with Crippen LogP contribution in [0.3, 0.4) is 0 Å². The monoisotopic (exact) mass is 158 g/mol. The van der Waals surface area contributed by atoms with Crippen molar-refractivity contribution < 1.29 is 22.3 Å². The van der Waals surface area contributed by atoms with Gasteiger partial charge in [-0.2, -0.15) is 13.2 Å². The van der Waals surface area contributed by atoms with Gasteiger partial charge >= 0.3 is 6.18 Å². The zero-order valence-corrected chi connectivity index (χ0v) is 4.99. The van der Waals surface area contributed by atoms with Gasteiger partial charge in [-0.25, -0.2) is 4.39 Å². The third-order valence-corrected chi connectivity index (χ3v) is 0.618. The van der Waals surface area contributed by atoms with E-state index in [0.29, 0.717) is 0 Å². The third-order valence-electron chi connectivity index (χ3n) is 0.618. The van der Waals surface area contributed by atoms with Crippen LogP contribution in [0.15, 0.2) is 12.7 Å². The Hall–Kier alpha value is -0.580. The zero-order chi connectivity index (χ0) is 8.20. The molecule has 0 N–H and O–H groups in total. The number of halogens is 4. The van der Waals surface area contributed by atoms with Crippen molar-refractivity contribution in [1.29, 1.82) is 0 Å². The maximum atomic E-state index is 11.7. The van der Waals surface area contributed by atoms with Gasteiger partial charge < -0.3 is 4.74 Å². The van der Waals surface area contributed by atoms with E-state index in [1.54, 1.807) is 0 Å². The quantitative estimate of drug-likeness (QED) is 0.451. The second kappa shape index (κ2) is 3.55. The average molecular weight is 158 g/mol. The van der Waals surface area contributed by atoms with Gasteiger partial charge in [0, 0.05) is 0 Å². The van der Waals surface area contributed by atoms with E-state index in [-0.39, 0.29) is 0 Å². The minimum absolute atomic E-state index is 0.444. The lowest BCUT2D eigenvalue weighted by molar-refractivity contribution is -0.261. The van der Waals surface area contributed by atoms with E-state index in [2.05, 4.69) is 11.3 Å². The highest BCUT2D eigenvalue weighted by molar-refractivity contribution is 4.65. The van der Waals surface area contributed by atoms with Gasteiger partial charge in [0.2, 0.25) is 0 Å². The van der Waals surface area contributed by atoms with Crippen molar-refractivity contribution in [2.75, 3.05) is 6.61 Å². The summed E-state index contributed by atoms with van der Waals surface area (Å²) in [6.45, 7) is 2.61. The molecule has 0 aromatic heterocycles. The van der Waals surface area contributed by atoms with Crippen LogP contribution >= 0.6 is 0 Å². The van der Waals surface area contributed by atoms with Crippen LogP contribution < -0.4 is 0 Å². The molecule has 0 amide bonds. The topological polar surface area (TPSA) is 9.23 Å². The standard InChI is InChI=1S/C5H6F4O/c1-2-3-10-4(6)5(7,8)9/h2,4H,1,3H2. The first-order chi connectivity index (χ1) is 4.48. The smallest absolute Gasteiger partial charge is 0.337 e. The molecule has 1 unspecified atom stereocenters. The zero-order valence-electron chi connectivity index (χ0n) is 4.99. The Morgan fingerprint density at radius 2 is 2.00 bits per heavy atom. The number of hydrogen-bond donors (Lipinski definition) is 0. The molecule has 0 saturated carbocycles. The van der Waals surface area contributed by atoms with E-state index in [4.69, 9.17) is 0 Å². The predicted molar refractivity (Wildman–Crippen MR) is 27.1 cm³/mol. The van der Waals surface area contributed by atoms with Crippen molar-refractivity contribution >= 4 is 0 Å². The molecular formula is C5H6F4O. The second-order valence-corrected chi connectivity index (χ2v) is 1.48. The lowest BCUT2D eigenvalue weighted by Gasteiger charge is -2.10. The molecule has 1 atom stereocenters. The number of ether oxygens (including phenoxy) is 1. The number of rotatable bonds is 3. The summed E-state index contributed by atoms with van der Waals surface area (Å²) < 4.78 is 49.1. The van der Waals surface area contributed by atoms with Crippen LogP contribution in [0.1, 0.15) is 0 Å². The molecule has 0 aliphatic rings. The van der Waals surface area contributed by atoms with Crippen LogP contribution in [-0.4, -0.2) is 19.1 Å². The summed E-state index contributed by atoms with van der Waals surface area (Å²) in [5.41, 5.74) is 0. The molecule has 10 heavy (non-hydrogen) atoms. The molecule has 0 bridgehead atoms. The van der Waals surface area contributed by atoms with E-state index >= 15 is 0 Å². The molecule has 0 heterocycles. The maximum Gasteiger partial charge on any atom is 0.445 e. The molecule has 0 aliphatic heterocycles.